The lowest BCUT2D eigenvalue weighted by atomic mass is 10.0. The summed E-state index contributed by atoms with van der Waals surface area (Å²) >= 11 is 2.98. The van der Waals surface area contributed by atoms with E-state index in [-0.39, 0.29) is 5.91 Å². The van der Waals surface area contributed by atoms with Crippen molar-refractivity contribution in [1.29, 1.82) is 0 Å². The quantitative estimate of drug-likeness (QED) is 0.491. The van der Waals surface area contributed by atoms with Crippen molar-refractivity contribution in [2.24, 2.45) is 0 Å². The van der Waals surface area contributed by atoms with Crippen LogP contribution in [-0.2, 0) is 16.0 Å². The van der Waals surface area contributed by atoms with Crippen LogP contribution in [0.5, 0.6) is 0 Å². The molecule has 4 nitrogen and oxygen atoms in total. The summed E-state index contributed by atoms with van der Waals surface area (Å²) in [6, 6.07) is 3.99. The van der Waals surface area contributed by atoms with Gasteiger partial charge < -0.3 is 10.1 Å². The zero-order chi connectivity index (χ0) is 20.1. The largest absolute Gasteiger partial charge is 0.462 e. The third-order valence-corrected chi connectivity index (χ3v) is 7.03. The number of benzene rings is 1. The highest BCUT2D eigenvalue weighted by Crippen LogP contribution is 2.32. The monoisotopic (exact) mass is 405 g/mol. The van der Waals surface area contributed by atoms with E-state index in [0.29, 0.717) is 22.9 Å². The maximum atomic E-state index is 12.5. The summed E-state index contributed by atoms with van der Waals surface area (Å²) in [5, 5.41) is 3.47. The number of thiophene rings is 1. The molecule has 0 atom stereocenters. The Hall–Kier alpha value is -1.79. The van der Waals surface area contributed by atoms with Gasteiger partial charge in [-0.25, -0.2) is 4.79 Å². The maximum Gasteiger partial charge on any atom is 0.341 e. The lowest BCUT2D eigenvalue weighted by Gasteiger charge is -2.14. The topological polar surface area (TPSA) is 55.4 Å². The number of hydrogen-bond acceptors (Lipinski definition) is 5. The number of thioether (sulfide) groups is 1. The Morgan fingerprint density at radius 1 is 1.07 bits per heavy atom. The number of hydrogen-bond donors (Lipinski definition) is 1. The molecule has 0 fully saturated rings. The van der Waals surface area contributed by atoms with Crippen LogP contribution in [-0.4, -0.2) is 24.2 Å². The van der Waals surface area contributed by atoms with Gasteiger partial charge in [-0.15, -0.1) is 23.1 Å². The molecule has 0 aliphatic rings. The molecule has 0 spiro atoms. The molecule has 1 aromatic carbocycles. The van der Waals surface area contributed by atoms with E-state index in [2.05, 4.69) is 39.1 Å². The number of carbonyl (C=O) groups is 2. The summed E-state index contributed by atoms with van der Waals surface area (Å²) in [7, 11) is 0. The second kappa shape index (κ2) is 9.42. The van der Waals surface area contributed by atoms with E-state index in [1.807, 2.05) is 13.0 Å². The van der Waals surface area contributed by atoms with Gasteiger partial charge in [-0.2, -0.15) is 0 Å². The standard InChI is InChI=1S/C21H27NO3S2/c1-7-16-10-17(21(24)25-8-2)20(27-16)22-18(23)11-26-19-14(5)12(3)9-13(4)15(19)6/h9-10H,7-8,11H2,1-6H3,(H,22,23). The molecule has 0 saturated heterocycles. The molecular formula is C21H27NO3S2. The predicted molar refractivity (Wildman–Crippen MR) is 114 cm³/mol. The number of esters is 1. The summed E-state index contributed by atoms with van der Waals surface area (Å²) in [6.07, 6.45) is 0.808. The Labute approximate surface area is 169 Å². The Bertz CT molecular complexity index is 829. The number of ether oxygens (including phenoxy) is 1. The molecule has 27 heavy (non-hydrogen) atoms. The molecule has 0 saturated carbocycles. The Morgan fingerprint density at radius 2 is 1.70 bits per heavy atom. The van der Waals surface area contributed by atoms with Gasteiger partial charge in [0.25, 0.3) is 0 Å². The Kier molecular flexibility index (Phi) is 7.50. The minimum Gasteiger partial charge on any atom is -0.462 e. The number of aryl methyl sites for hydroxylation is 3. The fourth-order valence-electron chi connectivity index (χ4n) is 2.77. The first kappa shape index (κ1) is 21.5. The molecule has 6 heteroatoms. The van der Waals surface area contributed by atoms with Crippen molar-refractivity contribution in [2.75, 3.05) is 17.7 Å². The van der Waals surface area contributed by atoms with E-state index in [0.717, 1.165) is 16.2 Å². The smallest absolute Gasteiger partial charge is 0.341 e. The van der Waals surface area contributed by atoms with Gasteiger partial charge in [0.15, 0.2) is 0 Å². The number of anilines is 1. The molecule has 1 heterocycles. The van der Waals surface area contributed by atoms with Gasteiger partial charge in [-0.05, 0) is 69.4 Å². The molecule has 2 rings (SSSR count). The third-order valence-electron chi connectivity index (χ3n) is 4.52. The summed E-state index contributed by atoms with van der Waals surface area (Å²) < 4.78 is 5.11. The van der Waals surface area contributed by atoms with E-state index < -0.39 is 5.97 Å². The third kappa shape index (κ3) is 5.14. The second-order valence-electron chi connectivity index (χ2n) is 6.46. The zero-order valence-electron chi connectivity index (χ0n) is 16.8. The van der Waals surface area contributed by atoms with Crippen molar-refractivity contribution < 1.29 is 14.3 Å². The van der Waals surface area contributed by atoms with Crippen LogP contribution in [0, 0.1) is 27.7 Å². The molecule has 146 valence electrons. The van der Waals surface area contributed by atoms with E-state index in [4.69, 9.17) is 4.74 Å². The highest BCUT2D eigenvalue weighted by atomic mass is 32.2. The van der Waals surface area contributed by atoms with Gasteiger partial charge in [0.1, 0.15) is 5.00 Å². The Morgan fingerprint density at radius 3 is 2.26 bits per heavy atom. The molecule has 1 amide bonds. The SMILES string of the molecule is CCOC(=O)c1cc(CC)sc1NC(=O)CSc1c(C)c(C)cc(C)c1C. The normalized spacial score (nSPS) is 10.7. The van der Waals surface area contributed by atoms with Gasteiger partial charge in [0.2, 0.25) is 5.91 Å². The van der Waals surface area contributed by atoms with Crippen LogP contribution in [0.25, 0.3) is 0 Å². The minimum absolute atomic E-state index is 0.118. The van der Waals surface area contributed by atoms with E-state index in [1.54, 1.807) is 18.7 Å². The first-order chi connectivity index (χ1) is 12.8. The van der Waals surface area contributed by atoms with Crippen molar-refractivity contribution >= 4 is 40.0 Å². The van der Waals surface area contributed by atoms with Gasteiger partial charge in [-0.3, -0.25) is 4.79 Å². The zero-order valence-corrected chi connectivity index (χ0v) is 18.5. The van der Waals surface area contributed by atoms with Gasteiger partial charge in [0.05, 0.1) is 17.9 Å². The van der Waals surface area contributed by atoms with Crippen LogP contribution < -0.4 is 5.32 Å². The Balaban J connectivity index is 2.13. The van der Waals surface area contributed by atoms with E-state index >= 15 is 0 Å². The average Bonchev–Trinajstić information content (AvgIpc) is 3.03. The number of carbonyl (C=O) groups excluding carboxylic acids is 2. The van der Waals surface area contributed by atoms with Gasteiger partial charge >= 0.3 is 5.97 Å². The first-order valence-corrected chi connectivity index (χ1v) is 10.9. The maximum absolute atomic E-state index is 12.5. The number of nitrogens with one attached hydrogen (secondary N) is 1. The van der Waals surface area contributed by atoms with Crippen molar-refractivity contribution in [1.82, 2.24) is 0 Å². The van der Waals surface area contributed by atoms with Crippen LogP contribution in [0.2, 0.25) is 0 Å². The number of amides is 1. The summed E-state index contributed by atoms with van der Waals surface area (Å²) in [4.78, 5) is 26.9. The van der Waals surface area contributed by atoms with Gasteiger partial charge in [0, 0.05) is 9.77 Å². The first-order valence-electron chi connectivity index (χ1n) is 9.08. The number of rotatable bonds is 7. The van der Waals surface area contributed by atoms with Crippen LogP contribution in [0.1, 0.15) is 51.3 Å². The van der Waals surface area contributed by atoms with Crippen molar-refractivity contribution in [2.45, 2.75) is 52.9 Å². The predicted octanol–water partition coefficient (Wildman–Crippen LogP) is 5.45. The van der Waals surface area contributed by atoms with Crippen LogP contribution in [0.15, 0.2) is 17.0 Å². The summed E-state index contributed by atoms with van der Waals surface area (Å²) in [5.41, 5.74) is 5.34. The molecule has 1 aromatic heterocycles. The molecule has 0 radical (unpaired) electrons. The van der Waals surface area contributed by atoms with E-state index in [1.165, 1.54) is 33.6 Å². The lowest BCUT2D eigenvalue weighted by molar-refractivity contribution is -0.113. The molecule has 0 unspecified atom stereocenters. The molecule has 0 bridgehead atoms. The lowest BCUT2D eigenvalue weighted by Crippen LogP contribution is -2.16. The molecular weight excluding hydrogens is 378 g/mol. The highest BCUT2D eigenvalue weighted by Gasteiger charge is 2.19. The van der Waals surface area contributed by atoms with Crippen LogP contribution in [0.3, 0.4) is 0 Å². The van der Waals surface area contributed by atoms with Crippen molar-refractivity contribution in [3.63, 3.8) is 0 Å². The van der Waals surface area contributed by atoms with E-state index in [9.17, 15) is 9.59 Å². The fraction of sp³-hybridized carbons (Fsp3) is 0.429. The summed E-state index contributed by atoms with van der Waals surface area (Å²) in [6.45, 7) is 12.5. The molecule has 1 N–H and O–H groups in total. The van der Waals surface area contributed by atoms with Crippen molar-refractivity contribution in [3.05, 3.63) is 44.8 Å². The minimum atomic E-state index is -0.391. The molecule has 2 aromatic rings. The van der Waals surface area contributed by atoms with Crippen LogP contribution >= 0.6 is 23.1 Å². The van der Waals surface area contributed by atoms with Gasteiger partial charge in [-0.1, -0.05) is 13.0 Å². The summed E-state index contributed by atoms with van der Waals surface area (Å²) in [5.74, 6) is -0.211. The average molecular weight is 406 g/mol. The van der Waals surface area contributed by atoms with Crippen molar-refractivity contribution in [3.8, 4) is 0 Å². The van der Waals surface area contributed by atoms with Crippen LogP contribution in [0.4, 0.5) is 5.00 Å². The molecule has 0 aliphatic carbocycles. The second-order valence-corrected chi connectivity index (χ2v) is 8.58. The molecule has 0 aliphatic heterocycles. The fourth-order valence-corrected chi connectivity index (χ4v) is 4.87. The highest BCUT2D eigenvalue weighted by molar-refractivity contribution is 8.00.